The Labute approximate surface area is 153 Å². The number of hydrogen-bond acceptors (Lipinski definition) is 4. The molecule has 0 atom stereocenters. The van der Waals surface area contributed by atoms with Gasteiger partial charge in [0.05, 0.1) is 15.4 Å². The molecular formula is C17H14BrClN2O2S. The third-order valence-electron chi connectivity index (χ3n) is 3.54. The van der Waals surface area contributed by atoms with Gasteiger partial charge in [0.2, 0.25) is 0 Å². The molecule has 1 aromatic heterocycles. The number of benzene rings is 2. The summed E-state index contributed by atoms with van der Waals surface area (Å²) in [4.78, 5) is 4.84. The fraction of sp³-hybridized carbons (Fsp3) is 0.118. The van der Waals surface area contributed by atoms with Crippen LogP contribution in [0.15, 0.2) is 57.9 Å². The molecule has 24 heavy (non-hydrogen) atoms. The summed E-state index contributed by atoms with van der Waals surface area (Å²) in [6.07, 6.45) is 1.20. The Morgan fingerprint density at radius 3 is 2.50 bits per heavy atom. The molecule has 0 saturated carbocycles. The highest BCUT2D eigenvalue weighted by molar-refractivity contribution is 9.10. The SMILES string of the molecule is CS(=O)(=O)c1ccc(CNc2ccc3cc(Br)cc(Cl)c3n2)cc1. The first kappa shape index (κ1) is 17.2. The van der Waals surface area contributed by atoms with E-state index < -0.39 is 9.84 Å². The predicted molar refractivity (Wildman–Crippen MR) is 101 cm³/mol. The smallest absolute Gasteiger partial charge is 0.175 e. The van der Waals surface area contributed by atoms with Gasteiger partial charge in [0.1, 0.15) is 5.82 Å². The van der Waals surface area contributed by atoms with Gasteiger partial charge >= 0.3 is 0 Å². The molecule has 0 amide bonds. The number of nitrogens with zero attached hydrogens (tertiary/aromatic N) is 1. The van der Waals surface area contributed by atoms with E-state index in [1.165, 1.54) is 6.26 Å². The molecular weight excluding hydrogens is 412 g/mol. The number of halogens is 2. The van der Waals surface area contributed by atoms with Gasteiger partial charge in [-0.25, -0.2) is 13.4 Å². The van der Waals surface area contributed by atoms with E-state index in [4.69, 9.17) is 11.6 Å². The minimum atomic E-state index is -3.17. The largest absolute Gasteiger partial charge is 0.366 e. The van der Waals surface area contributed by atoms with Crippen molar-refractivity contribution in [2.45, 2.75) is 11.4 Å². The van der Waals surface area contributed by atoms with E-state index in [0.717, 1.165) is 20.9 Å². The van der Waals surface area contributed by atoms with E-state index >= 15 is 0 Å². The maximum Gasteiger partial charge on any atom is 0.175 e. The normalized spacial score (nSPS) is 11.6. The Morgan fingerprint density at radius 1 is 1.12 bits per heavy atom. The third-order valence-corrected chi connectivity index (χ3v) is 5.41. The quantitative estimate of drug-likeness (QED) is 0.660. The third kappa shape index (κ3) is 3.88. The van der Waals surface area contributed by atoms with Crippen molar-refractivity contribution >= 4 is 54.1 Å². The zero-order valence-corrected chi connectivity index (χ0v) is 15.9. The standard InChI is InChI=1S/C17H14BrClN2O2S/c1-24(22,23)14-5-2-11(3-6-14)10-20-16-7-4-12-8-13(18)9-15(19)17(12)21-16/h2-9H,10H2,1H3,(H,20,21). The van der Waals surface area contributed by atoms with Crippen LogP contribution in [0.2, 0.25) is 5.02 Å². The number of nitrogens with one attached hydrogen (secondary N) is 1. The number of aromatic nitrogens is 1. The summed E-state index contributed by atoms with van der Waals surface area (Å²) in [7, 11) is -3.17. The number of sulfone groups is 1. The summed E-state index contributed by atoms with van der Waals surface area (Å²) < 4.78 is 23.8. The van der Waals surface area contributed by atoms with Crippen molar-refractivity contribution in [3.8, 4) is 0 Å². The molecule has 2 aromatic carbocycles. The van der Waals surface area contributed by atoms with E-state index in [9.17, 15) is 8.42 Å². The van der Waals surface area contributed by atoms with Crippen molar-refractivity contribution in [1.29, 1.82) is 0 Å². The average Bonchev–Trinajstić information content (AvgIpc) is 2.52. The monoisotopic (exact) mass is 424 g/mol. The molecule has 3 aromatic rings. The number of pyridine rings is 1. The molecule has 4 nitrogen and oxygen atoms in total. The Morgan fingerprint density at radius 2 is 1.83 bits per heavy atom. The van der Waals surface area contributed by atoms with E-state index in [0.29, 0.717) is 22.3 Å². The summed E-state index contributed by atoms with van der Waals surface area (Å²) in [6.45, 7) is 0.538. The minimum Gasteiger partial charge on any atom is -0.366 e. The molecule has 7 heteroatoms. The van der Waals surface area contributed by atoms with Crippen molar-refractivity contribution in [2.75, 3.05) is 11.6 Å². The Hall–Kier alpha value is -1.63. The predicted octanol–water partition coefficient (Wildman–Crippen LogP) is 4.67. The van der Waals surface area contributed by atoms with Gasteiger partial charge in [0, 0.05) is 22.7 Å². The van der Waals surface area contributed by atoms with Crippen molar-refractivity contribution in [1.82, 2.24) is 4.98 Å². The summed E-state index contributed by atoms with van der Waals surface area (Å²) in [5.41, 5.74) is 1.70. The van der Waals surface area contributed by atoms with E-state index in [1.54, 1.807) is 24.3 Å². The second-order valence-corrected chi connectivity index (χ2v) is 8.76. The highest BCUT2D eigenvalue weighted by Crippen LogP contribution is 2.27. The number of fused-ring (bicyclic) bond motifs is 1. The van der Waals surface area contributed by atoms with Gasteiger partial charge in [-0.05, 0) is 42.0 Å². The molecule has 0 fully saturated rings. The van der Waals surface area contributed by atoms with Crippen LogP contribution in [-0.2, 0) is 16.4 Å². The van der Waals surface area contributed by atoms with Crippen molar-refractivity contribution < 1.29 is 8.42 Å². The van der Waals surface area contributed by atoms with Crippen LogP contribution < -0.4 is 5.32 Å². The van der Waals surface area contributed by atoms with Crippen LogP contribution >= 0.6 is 27.5 Å². The van der Waals surface area contributed by atoms with Gasteiger partial charge in [-0.1, -0.05) is 39.7 Å². The van der Waals surface area contributed by atoms with Gasteiger partial charge in [0.25, 0.3) is 0 Å². The molecule has 3 rings (SSSR count). The average molecular weight is 426 g/mol. The second-order valence-electron chi connectivity index (χ2n) is 5.43. The first-order chi connectivity index (χ1) is 11.3. The summed E-state index contributed by atoms with van der Waals surface area (Å²) in [5, 5.41) is 4.76. The lowest BCUT2D eigenvalue weighted by atomic mass is 10.2. The summed E-state index contributed by atoms with van der Waals surface area (Å²) in [5.74, 6) is 0.707. The van der Waals surface area contributed by atoms with Crippen LogP contribution in [0, 0.1) is 0 Å². The van der Waals surface area contributed by atoms with Crippen LogP contribution in [-0.4, -0.2) is 19.7 Å². The molecule has 0 spiro atoms. The number of hydrogen-bond donors (Lipinski definition) is 1. The molecule has 0 saturated heterocycles. The fourth-order valence-electron chi connectivity index (χ4n) is 2.30. The molecule has 0 bridgehead atoms. The number of rotatable bonds is 4. The topological polar surface area (TPSA) is 59.1 Å². The molecule has 0 aliphatic rings. The van der Waals surface area contributed by atoms with Crippen molar-refractivity contribution in [3.63, 3.8) is 0 Å². The van der Waals surface area contributed by atoms with E-state index in [-0.39, 0.29) is 0 Å². The second kappa shape index (κ2) is 6.70. The van der Waals surface area contributed by atoms with Crippen LogP contribution in [0.25, 0.3) is 10.9 Å². The van der Waals surface area contributed by atoms with Gasteiger partial charge in [-0.2, -0.15) is 0 Å². The Balaban J connectivity index is 1.78. The van der Waals surface area contributed by atoms with Gasteiger partial charge in [0.15, 0.2) is 9.84 Å². The van der Waals surface area contributed by atoms with E-state index in [2.05, 4.69) is 26.2 Å². The molecule has 0 aliphatic carbocycles. The Bertz CT molecular complexity index is 1010. The summed E-state index contributed by atoms with van der Waals surface area (Å²) in [6, 6.07) is 14.4. The minimum absolute atomic E-state index is 0.312. The maximum absolute atomic E-state index is 11.5. The first-order valence-electron chi connectivity index (χ1n) is 7.11. The molecule has 0 aliphatic heterocycles. The Kier molecular flexibility index (Phi) is 4.80. The molecule has 0 radical (unpaired) electrons. The van der Waals surface area contributed by atoms with Crippen LogP contribution in [0.3, 0.4) is 0 Å². The highest BCUT2D eigenvalue weighted by Gasteiger charge is 2.07. The van der Waals surface area contributed by atoms with Crippen LogP contribution in [0.5, 0.6) is 0 Å². The fourth-order valence-corrected chi connectivity index (χ4v) is 3.81. The first-order valence-corrected chi connectivity index (χ1v) is 10.2. The van der Waals surface area contributed by atoms with Crippen molar-refractivity contribution in [3.05, 3.63) is 63.6 Å². The zero-order chi connectivity index (χ0) is 17.3. The summed E-state index contributed by atoms with van der Waals surface area (Å²) >= 11 is 9.65. The lowest BCUT2D eigenvalue weighted by Crippen LogP contribution is -2.02. The molecule has 1 N–H and O–H groups in total. The lowest BCUT2D eigenvalue weighted by Gasteiger charge is -2.08. The molecule has 124 valence electrons. The molecule has 1 heterocycles. The van der Waals surface area contributed by atoms with Gasteiger partial charge in [-0.15, -0.1) is 0 Å². The maximum atomic E-state index is 11.5. The zero-order valence-electron chi connectivity index (χ0n) is 12.8. The van der Waals surface area contributed by atoms with E-state index in [1.807, 2.05) is 24.3 Å². The molecule has 0 unspecified atom stereocenters. The van der Waals surface area contributed by atoms with Crippen LogP contribution in [0.1, 0.15) is 5.56 Å². The lowest BCUT2D eigenvalue weighted by molar-refractivity contribution is 0.602. The highest BCUT2D eigenvalue weighted by atomic mass is 79.9. The number of anilines is 1. The van der Waals surface area contributed by atoms with Crippen LogP contribution in [0.4, 0.5) is 5.82 Å². The van der Waals surface area contributed by atoms with Gasteiger partial charge < -0.3 is 5.32 Å². The van der Waals surface area contributed by atoms with Crippen molar-refractivity contribution in [2.24, 2.45) is 0 Å². The van der Waals surface area contributed by atoms with Gasteiger partial charge in [-0.3, -0.25) is 0 Å².